The monoisotopic (exact) mass is 299 g/mol. The fraction of sp³-hybridized carbons (Fsp3) is 0.417. The van der Waals surface area contributed by atoms with Crippen molar-refractivity contribution in [2.24, 2.45) is 0 Å². The average Bonchev–Trinajstić information content (AvgIpc) is 2.46. The lowest BCUT2D eigenvalue weighted by atomic mass is 10.2. The minimum Gasteiger partial charge on any atom is -0.504 e. The van der Waals surface area contributed by atoms with Gasteiger partial charge in [0, 0.05) is 25.2 Å². The fourth-order valence-electron chi connectivity index (χ4n) is 1.79. The lowest BCUT2D eigenvalue weighted by Gasteiger charge is -2.26. The van der Waals surface area contributed by atoms with Gasteiger partial charge in [0.25, 0.3) is 0 Å². The summed E-state index contributed by atoms with van der Waals surface area (Å²) in [4.78, 5) is 13.8. The molecule has 1 N–H and O–H groups in total. The van der Waals surface area contributed by atoms with Gasteiger partial charge in [-0.25, -0.2) is 0 Å². The summed E-state index contributed by atoms with van der Waals surface area (Å²) in [6, 6.07) is 5.18. The highest BCUT2D eigenvalue weighted by Crippen LogP contribution is 2.16. The number of halogens is 1. The van der Waals surface area contributed by atoms with Crippen LogP contribution >= 0.6 is 15.9 Å². The molecule has 4 nitrogen and oxygen atoms in total. The SMILES string of the molecule is O=c1c(Br)cccc(CN2CCOCC2)c1O. The van der Waals surface area contributed by atoms with Crippen LogP contribution in [0.3, 0.4) is 0 Å². The van der Waals surface area contributed by atoms with E-state index in [1.807, 2.05) is 0 Å². The highest BCUT2D eigenvalue weighted by atomic mass is 79.9. The van der Waals surface area contributed by atoms with Crippen LogP contribution in [0.4, 0.5) is 0 Å². The summed E-state index contributed by atoms with van der Waals surface area (Å²) in [7, 11) is 0. The van der Waals surface area contributed by atoms with E-state index < -0.39 is 0 Å². The predicted octanol–water partition coefficient (Wildman–Crippen LogP) is 1.35. The van der Waals surface area contributed by atoms with Crippen molar-refractivity contribution in [1.82, 2.24) is 4.90 Å². The van der Waals surface area contributed by atoms with E-state index in [-0.39, 0.29) is 11.2 Å². The maximum absolute atomic E-state index is 11.7. The van der Waals surface area contributed by atoms with Gasteiger partial charge in [-0.05, 0) is 22.0 Å². The third kappa shape index (κ3) is 3.06. The van der Waals surface area contributed by atoms with Crippen molar-refractivity contribution in [3.63, 3.8) is 0 Å². The Labute approximate surface area is 108 Å². The molecule has 0 aliphatic carbocycles. The molecule has 0 aromatic heterocycles. The van der Waals surface area contributed by atoms with E-state index in [1.165, 1.54) is 0 Å². The zero-order chi connectivity index (χ0) is 12.3. The normalized spacial score (nSPS) is 17.0. The Hall–Kier alpha value is -0.910. The van der Waals surface area contributed by atoms with Crippen LogP contribution in [0.25, 0.3) is 0 Å². The summed E-state index contributed by atoms with van der Waals surface area (Å²) in [6.45, 7) is 3.63. The minimum atomic E-state index is -0.363. The summed E-state index contributed by atoms with van der Waals surface area (Å²) in [5.74, 6) is -0.173. The Morgan fingerprint density at radius 1 is 1.35 bits per heavy atom. The topological polar surface area (TPSA) is 49.8 Å². The Balaban J connectivity index is 2.24. The molecule has 1 aromatic rings. The van der Waals surface area contributed by atoms with Crippen LogP contribution in [0.1, 0.15) is 5.56 Å². The summed E-state index contributed by atoms with van der Waals surface area (Å²) in [6.07, 6.45) is 0. The highest BCUT2D eigenvalue weighted by molar-refractivity contribution is 9.10. The molecule has 0 unspecified atom stereocenters. The molecule has 5 heteroatoms. The number of nitrogens with zero attached hydrogens (tertiary/aromatic N) is 1. The van der Waals surface area contributed by atoms with Gasteiger partial charge in [0.05, 0.1) is 17.7 Å². The van der Waals surface area contributed by atoms with Gasteiger partial charge in [0.15, 0.2) is 5.75 Å². The fourth-order valence-corrected chi connectivity index (χ4v) is 2.13. The van der Waals surface area contributed by atoms with Crippen LogP contribution in [-0.4, -0.2) is 36.3 Å². The number of morpholine rings is 1. The Morgan fingerprint density at radius 2 is 2.06 bits per heavy atom. The number of aromatic hydroxyl groups is 1. The lowest BCUT2D eigenvalue weighted by molar-refractivity contribution is 0.0339. The maximum Gasteiger partial charge on any atom is 0.234 e. The molecule has 0 saturated carbocycles. The number of rotatable bonds is 2. The molecule has 2 rings (SSSR count). The van der Waals surface area contributed by atoms with Crippen molar-refractivity contribution in [3.05, 3.63) is 38.5 Å². The first-order valence-electron chi connectivity index (χ1n) is 5.49. The van der Waals surface area contributed by atoms with Gasteiger partial charge in [-0.1, -0.05) is 12.1 Å². The Bertz CT molecular complexity index is 458. The molecule has 0 spiro atoms. The van der Waals surface area contributed by atoms with Crippen LogP contribution in [0.15, 0.2) is 27.5 Å². The quantitative estimate of drug-likeness (QED) is 0.895. The standard InChI is InChI=1S/C12H14BrNO3/c13-10-3-1-2-9(11(15)12(10)16)8-14-4-6-17-7-5-14/h1-3H,4-8H2,(H,15,16). The second-order valence-corrected chi connectivity index (χ2v) is 4.82. The summed E-state index contributed by atoms with van der Waals surface area (Å²) >= 11 is 3.13. The van der Waals surface area contributed by atoms with Gasteiger partial charge in [-0.3, -0.25) is 9.69 Å². The van der Waals surface area contributed by atoms with E-state index in [2.05, 4.69) is 20.8 Å². The van der Waals surface area contributed by atoms with Crippen molar-refractivity contribution in [1.29, 1.82) is 0 Å². The molecule has 1 aliphatic heterocycles. The Kier molecular flexibility index (Phi) is 4.15. The predicted molar refractivity (Wildman–Crippen MR) is 68.2 cm³/mol. The largest absolute Gasteiger partial charge is 0.504 e. The molecule has 1 saturated heterocycles. The van der Waals surface area contributed by atoms with E-state index in [0.29, 0.717) is 29.8 Å². The molecule has 1 aromatic carbocycles. The zero-order valence-electron chi connectivity index (χ0n) is 9.36. The van der Waals surface area contributed by atoms with Gasteiger partial charge < -0.3 is 9.84 Å². The number of ether oxygens (including phenoxy) is 1. The highest BCUT2D eigenvalue weighted by Gasteiger charge is 2.14. The molecule has 0 amide bonds. The minimum absolute atomic E-state index is 0.173. The van der Waals surface area contributed by atoms with Crippen molar-refractivity contribution in [2.45, 2.75) is 6.54 Å². The van der Waals surface area contributed by atoms with Gasteiger partial charge >= 0.3 is 0 Å². The molecule has 92 valence electrons. The first kappa shape index (κ1) is 12.5. The molecule has 1 aliphatic rings. The summed E-state index contributed by atoms with van der Waals surface area (Å²) < 4.78 is 5.63. The van der Waals surface area contributed by atoms with Gasteiger partial charge in [0.1, 0.15) is 0 Å². The van der Waals surface area contributed by atoms with Gasteiger partial charge in [0.2, 0.25) is 5.43 Å². The molecule has 17 heavy (non-hydrogen) atoms. The van der Waals surface area contributed by atoms with Gasteiger partial charge in [-0.15, -0.1) is 0 Å². The maximum atomic E-state index is 11.7. The first-order valence-corrected chi connectivity index (χ1v) is 6.28. The molecule has 0 bridgehead atoms. The van der Waals surface area contributed by atoms with Gasteiger partial charge in [-0.2, -0.15) is 0 Å². The van der Waals surface area contributed by atoms with E-state index in [1.54, 1.807) is 18.2 Å². The molecule has 1 fully saturated rings. The average molecular weight is 300 g/mol. The van der Waals surface area contributed by atoms with Crippen molar-refractivity contribution in [2.75, 3.05) is 26.3 Å². The Morgan fingerprint density at radius 3 is 2.76 bits per heavy atom. The number of hydrogen-bond acceptors (Lipinski definition) is 4. The second kappa shape index (κ2) is 5.62. The van der Waals surface area contributed by atoms with E-state index in [9.17, 15) is 9.90 Å². The lowest BCUT2D eigenvalue weighted by Crippen LogP contribution is -2.35. The molecular weight excluding hydrogens is 286 g/mol. The van der Waals surface area contributed by atoms with Crippen LogP contribution in [0, 0.1) is 0 Å². The van der Waals surface area contributed by atoms with Crippen molar-refractivity contribution < 1.29 is 9.84 Å². The van der Waals surface area contributed by atoms with Crippen LogP contribution in [0.5, 0.6) is 5.75 Å². The molecular formula is C12H14BrNO3. The zero-order valence-corrected chi connectivity index (χ0v) is 10.9. The van der Waals surface area contributed by atoms with Crippen LogP contribution < -0.4 is 5.43 Å². The van der Waals surface area contributed by atoms with E-state index >= 15 is 0 Å². The first-order chi connectivity index (χ1) is 8.18. The third-order valence-corrected chi connectivity index (χ3v) is 3.40. The smallest absolute Gasteiger partial charge is 0.234 e. The molecule has 0 radical (unpaired) electrons. The summed E-state index contributed by atoms with van der Waals surface area (Å²) in [5.41, 5.74) is 0.292. The van der Waals surface area contributed by atoms with Crippen molar-refractivity contribution >= 4 is 15.9 Å². The summed E-state index contributed by atoms with van der Waals surface area (Å²) in [5, 5.41) is 9.87. The molecule has 1 heterocycles. The third-order valence-electron chi connectivity index (χ3n) is 2.77. The van der Waals surface area contributed by atoms with Crippen LogP contribution in [-0.2, 0) is 11.3 Å². The number of hydrogen-bond donors (Lipinski definition) is 1. The molecule has 0 atom stereocenters. The van der Waals surface area contributed by atoms with Crippen molar-refractivity contribution in [3.8, 4) is 5.75 Å². The second-order valence-electron chi connectivity index (χ2n) is 3.97. The van der Waals surface area contributed by atoms with E-state index in [0.717, 1.165) is 13.1 Å². The van der Waals surface area contributed by atoms with Crippen LogP contribution in [0.2, 0.25) is 0 Å². The van der Waals surface area contributed by atoms with E-state index in [4.69, 9.17) is 4.74 Å².